The molecule has 88 valence electrons. The molecule has 1 aromatic heterocycles. The molecule has 0 aliphatic heterocycles. The van der Waals surface area contributed by atoms with Gasteiger partial charge in [-0.1, -0.05) is 5.92 Å². The Balaban J connectivity index is 2.96. The fourth-order valence-corrected chi connectivity index (χ4v) is 1.19. The molecule has 0 saturated carbocycles. The highest BCUT2D eigenvalue weighted by molar-refractivity contribution is 5.95. The number of amides is 1. The quantitative estimate of drug-likeness (QED) is 0.606. The summed E-state index contributed by atoms with van der Waals surface area (Å²) in [6.45, 7) is -0.795. The van der Waals surface area contributed by atoms with Crippen LogP contribution in [0.3, 0.4) is 0 Å². The van der Waals surface area contributed by atoms with Crippen molar-refractivity contribution in [3.05, 3.63) is 29.8 Å². The number of carbonyl (C=O) groups excluding carboxylic acids is 1. The van der Waals surface area contributed by atoms with Crippen LogP contribution in [0.1, 0.15) is 10.4 Å². The number of nitrogens with zero attached hydrogens (tertiary/aromatic N) is 2. The lowest BCUT2D eigenvalue weighted by Gasteiger charge is -2.17. The van der Waals surface area contributed by atoms with Crippen LogP contribution < -0.4 is 0 Å². The van der Waals surface area contributed by atoms with Crippen molar-refractivity contribution in [3.8, 4) is 12.3 Å². The molecule has 0 fully saturated rings. The maximum absolute atomic E-state index is 13.2. The minimum atomic E-state index is -1.22. The lowest BCUT2D eigenvalue weighted by molar-refractivity contribution is -0.137. The summed E-state index contributed by atoms with van der Waals surface area (Å²) in [6.07, 6.45) is 6.20. The fourth-order valence-electron chi connectivity index (χ4n) is 1.19. The average molecular weight is 236 g/mol. The van der Waals surface area contributed by atoms with Crippen LogP contribution in [-0.2, 0) is 4.79 Å². The van der Waals surface area contributed by atoms with E-state index in [1.807, 2.05) is 0 Å². The summed E-state index contributed by atoms with van der Waals surface area (Å²) in [7, 11) is 0. The number of hydrogen-bond donors (Lipinski definition) is 1. The van der Waals surface area contributed by atoms with Crippen molar-refractivity contribution in [1.29, 1.82) is 0 Å². The van der Waals surface area contributed by atoms with Gasteiger partial charge in [0.15, 0.2) is 0 Å². The third-order valence-corrected chi connectivity index (χ3v) is 1.88. The number of aliphatic carboxylic acids is 1. The monoisotopic (exact) mass is 236 g/mol. The Morgan fingerprint density at radius 1 is 1.59 bits per heavy atom. The summed E-state index contributed by atoms with van der Waals surface area (Å²) in [6, 6.07) is 2.60. The zero-order valence-electron chi connectivity index (χ0n) is 8.76. The maximum Gasteiger partial charge on any atom is 0.323 e. The van der Waals surface area contributed by atoms with E-state index >= 15 is 0 Å². The first-order valence-electron chi connectivity index (χ1n) is 4.61. The summed E-state index contributed by atoms with van der Waals surface area (Å²) in [5.74, 6) is -0.831. The molecule has 0 aromatic carbocycles. The first-order valence-corrected chi connectivity index (χ1v) is 4.61. The third kappa shape index (κ3) is 3.28. The second-order valence-electron chi connectivity index (χ2n) is 3.10. The molecule has 0 spiro atoms. The zero-order chi connectivity index (χ0) is 12.8. The highest BCUT2D eigenvalue weighted by Gasteiger charge is 2.20. The summed E-state index contributed by atoms with van der Waals surface area (Å²) in [5, 5.41) is 8.60. The van der Waals surface area contributed by atoms with Crippen molar-refractivity contribution in [1.82, 2.24) is 9.88 Å². The van der Waals surface area contributed by atoms with Crippen molar-refractivity contribution in [3.63, 3.8) is 0 Å². The normalized spacial score (nSPS) is 9.41. The fraction of sp³-hybridized carbons (Fsp3) is 0.182. The van der Waals surface area contributed by atoms with Crippen LogP contribution in [0, 0.1) is 18.3 Å². The summed E-state index contributed by atoms with van der Waals surface area (Å²) >= 11 is 0. The van der Waals surface area contributed by atoms with Gasteiger partial charge in [0.2, 0.25) is 5.95 Å². The Morgan fingerprint density at radius 3 is 2.82 bits per heavy atom. The average Bonchev–Trinajstić information content (AvgIpc) is 2.28. The Morgan fingerprint density at radius 2 is 2.29 bits per heavy atom. The molecule has 0 radical (unpaired) electrons. The van der Waals surface area contributed by atoms with Crippen LogP contribution in [0.5, 0.6) is 0 Å². The standard InChI is InChI=1S/C11H9FN2O3/c1-2-6-14(7-9(15)16)11(17)8-4-3-5-13-10(8)12/h1,3-5H,6-7H2,(H,15,16). The molecule has 0 aliphatic rings. The number of halogens is 1. The van der Waals surface area contributed by atoms with Crippen LogP contribution in [-0.4, -0.2) is 40.0 Å². The maximum atomic E-state index is 13.2. The van der Waals surface area contributed by atoms with Crippen LogP contribution in [0.4, 0.5) is 4.39 Å². The van der Waals surface area contributed by atoms with E-state index < -0.39 is 24.4 Å². The first kappa shape index (κ1) is 12.6. The lowest BCUT2D eigenvalue weighted by atomic mass is 10.2. The predicted molar refractivity (Wildman–Crippen MR) is 56.6 cm³/mol. The van der Waals surface area contributed by atoms with E-state index in [2.05, 4.69) is 10.9 Å². The Hall–Kier alpha value is -2.42. The van der Waals surface area contributed by atoms with Gasteiger partial charge in [-0.05, 0) is 12.1 Å². The van der Waals surface area contributed by atoms with Crippen LogP contribution in [0.25, 0.3) is 0 Å². The van der Waals surface area contributed by atoms with E-state index in [1.165, 1.54) is 18.3 Å². The molecule has 0 aliphatic carbocycles. The van der Waals surface area contributed by atoms with E-state index in [1.54, 1.807) is 0 Å². The van der Waals surface area contributed by atoms with Gasteiger partial charge in [0, 0.05) is 6.20 Å². The smallest absolute Gasteiger partial charge is 0.323 e. The topological polar surface area (TPSA) is 70.5 Å². The van der Waals surface area contributed by atoms with E-state index in [-0.39, 0.29) is 12.1 Å². The molecule has 0 unspecified atom stereocenters. The molecule has 0 saturated heterocycles. The molecular formula is C11H9FN2O3. The summed E-state index contributed by atoms with van der Waals surface area (Å²) in [4.78, 5) is 26.5. The van der Waals surface area contributed by atoms with Gasteiger partial charge < -0.3 is 10.0 Å². The van der Waals surface area contributed by atoms with Crippen molar-refractivity contribution in [2.45, 2.75) is 0 Å². The summed E-state index contributed by atoms with van der Waals surface area (Å²) < 4.78 is 13.2. The molecule has 0 atom stereocenters. The van der Waals surface area contributed by atoms with Crippen molar-refractivity contribution in [2.75, 3.05) is 13.1 Å². The van der Waals surface area contributed by atoms with Crippen LogP contribution in [0.2, 0.25) is 0 Å². The lowest BCUT2D eigenvalue weighted by Crippen LogP contribution is -2.36. The molecule has 0 bridgehead atoms. The first-order chi connectivity index (χ1) is 8.06. The number of carboxylic acid groups (broad SMARTS) is 1. The second kappa shape index (κ2) is 5.61. The molecule has 1 rings (SSSR count). The van der Waals surface area contributed by atoms with Gasteiger partial charge >= 0.3 is 5.97 Å². The molecule has 6 heteroatoms. The molecular weight excluding hydrogens is 227 g/mol. The Bertz CT molecular complexity index is 482. The number of carboxylic acids is 1. The van der Waals surface area contributed by atoms with E-state index in [9.17, 15) is 14.0 Å². The minimum absolute atomic E-state index is 0.209. The van der Waals surface area contributed by atoms with E-state index in [0.29, 0.717) is 0 Å². The van der Waals surface area contributed by atoms with Crippen LogP contribution in [0.15, 0.2) is 18.3 Å². The SMILES string of the molecule is C#CCN(CC(=O)O)C(=O)c1cccnc1F. The molecule has 1 aromatic rings. The van der Waals surface area contributed by atoms with Gasteiger partial charge in [-0.2, -0.15) is 4.39 Å². The van der Waals surface area contributed by atoms with E-state index in [4.69, 9.17) is 11.5 Å². The van der Waals surface area contributed by atoms with Crippen molar-refractivity contribution < 1.29 is 19.1 Å². The van der Waals surface area contributed by atoms with Gasteiger partial charge in [-0.25, -0.2) is 4.98 Å². The number of carbonyl (C=O) groups is 2. The molecule has 5 nitrogen and oxygen atoms in total. The number of aromatic nitrogens is 1. The van der Waals surface area contributed by atoms with Crippen molar-refractivity contribution in [2.24, 2.45) is 0 Å². The molecule has 1 heterocycles. The van der Waals surface area contributed by atoms with Gasteiger partial charge in [-0.15, -0.1) is 6.42 Å². The van der Waals surface area contributed by atoms with E-state index in [0.717, 1.165) is 4.90 Å². The van der Waals surface area contributed by atoms with Crippen molar-refractivity contribution >= 4 is 11.9 Å². The third-order valence-electron chi connectivity index (χ3n) is 1.88. The number of pyridine rings is 1. The molecule has 17 heavy (non-hydrogen) atoms. The minimum Gasteiger partial charge on any atom is -0.480 e. The largest absolute Gasteiger partial charge is 0.480 e. The highest BCUT2D eigenvalue weighted by Crippen LogP contribution is 2.07. The predicted octanol–water partition coefficient (Wildman–Crippen LogP) is 0.381. The second-order valence-corrected chi connectivity index (χ2v) is 3.10. The Kier molecular flexibility index (Phi) is 4.17. The molecule has 1 N–H and O–H groups in total. The number of terminal acetylenes is 1. The number of rotatable bonds is 4. The van der Waals surface area contributed by atoms with Gasteiger partial charge in [0.1, 0.15) is 6.54 Å². The van der Waals surface area contributed by atoms with Gasteiger partial charge in [-0.3, -0.25) is 9.59 Å². The summed E-state index contributed by atoms with van der Waals surface area (Å²) in [5.41, 5.74) is -0.302. The molecule has 1 amide bonds. The number of hydrogen-bond acceptors (Lipinski definition) is 3. The zero-order valence-corrected chi connectivity index (χ0v) is 8.76. The van der Waals surface area contributed by atoms with Crippen LogP contribution >= 0.6 is 0 Å². The van der Waals surface area contributed by atoms with Gasteiger partial charge in [0.25, 0.3) is 5.91 Å². The van der Waals surface area contributed by atoms with Gasteiger partial charge in [0.05, 0.1) is 12.1 Å². The Labute approximate surface area is 96.9 Å². The highest BCUT2D eigenvalue weighted by atomic mass is 19.1.